The Morgan fingerprint density at radius 2 is 1.91 bits per heavy atom. The quantitative estimate of drug-likeness (QED) is 0.843. The monoisotopic (exact) mass is 317 g/mol. The predicted octanol–water partition coefficient (Wildman–Crippen LogP) is 2.06. The molecule has 6 nitrogen and oxygen atoms in total. The van der Waals surface area contributed by atoms with Gasteiger partial charge in [-0.15, -0.1) is 0 Å². The molecule has 0 fully saturated rings. The summed E-state index contributed by atoms with van der Waals surface area (Å²) in [6.07, 6.45) is 1.97. The van der Waals surface area contributed by atoms with Gasteiger partial charge in [0, 0.05) is 18.9 Å². The van der Waals surface area contributed by atoms with Crippen molar-refractivity contribution < 1.29 is 14.4 Å². The predicted molar refractivity (Wildman–Crippen MR) is 89.2 cm³/mol. The maximum Gasteiger partial charge on any atom is 0.244 e. The third kappa shape index (κ3) is 4.31. The van der Waals surface area contributed by atoms with E-state index in [-0.39, 0.29) is 43.1 Å². The molecule has 0 spiro atoms. The van der Waals surface area contributed by atoms with Crippen LogP contribution in [0.1, 0.15) is 39.5 Å². The third-order valence-electron chi connectivity index (χ3n) is 3.99. The first kappa shape index (κ1) is 17.0. The largest absolute Gasteiger partial charge is 0.353 e. The minimum atomic E-state index is -0.224. The number of rotatable bonds is 6. The van der Waals surface area contributed by atoms with Crippen molar-refractivity contribution in [1.29, 1.82) is 0 Å². The SMILES string of the molecule is CCC(CC)NC(=O)CCC(=O)N1CC(=O)Nc2ccccc21. The molecule has 0 radical (unpaired) electrons. The van der Waals surface area contributed by atoms with E-state index in [1.54, 1.807) is 18.2 Å². The summed E-state index contributed by atoms with van der Waals surface area (Å²) in [5.74, 6) is -0.563. The number of carbonyl (C=O) groups excluding carboxylic acids is 3. The maximum atomic E-state index is 12.4. The average molecular weight is 317 g/mol. The zero-order valence-electron chi connectivity index (χ0n) is 13.6. The summed E-state index contributed by atoms with van der Waals surface area (Å²) in [5, 5.41) is 5.65. The summed E-state index contributed by atoms with van der Waals surface area (Å²) < 4.78 is 0. The summed E-state index contributed by atoms with van der Waals surface area (Å²) in [4.78, 5) is 37.5. The number of benzene rings is 1. The van der Waals surface area contributed by atoms with Crippen LogP contribution >= 0.6 is 0 Å². The van der Waals surface area contributed by atoms with Gasteiger partial charge in [-0.25, -0.2) is 0 Å². The average Bonchev–Trinajstić information content (AvgIpc) is 2.56. The second-order valence-corrected chi connectivity index (χ2v) is 5.63. The fourth-order valence-corrected chi connectivity index (χ4v) is 2.60. The van der Waals surface area contributed by atoms with Crippen molar-refractivity contribution in [2.24, 2.45) is 0 Å². The van der Waals surface area contributed by atoms with Crippen molar-refractivity contribution in [2.45, 2.75) is 45.6 Å². The molecule has 1 aromatic carbocycles. The molecule has 0 aliphatic carbocycles. The second-order valence-electron chi connectivity index (χ2n) is 5.63. The van der Waals surface area contributed by atoms with Gasteiger partial charge >= 0.3 is 0 Å². The molecule has 0 unspecified atom stereocenters. The molecule has 0 aromatic heterocycles. The van der Waals surface area contributed by atoms with Gasteiger partial charge in [0.1, 0.15) is 6.54 Å². The minimum Gasteiger partial charge on any atom is -0.353 e. The molecule has 2 rings (SSSR count). The summed E-state index contributed by atoms with van der Waals surface area (Å²) in [7, 11) is 0. The lowest BCUT2D eigenvalue weighted by Crippen LogP contribution is -2.42. The van der Waals surface area contributed by atoms with Crippen LogP contribution in [0.15, 0.2) is 24.3 Å². The lowest BCUT2D eigenvalue weighted by molar-refractivity contribution is -0.126. The van der Waals surface area contributed by atoms with Gasteiger partial charge in [0.15, 0.2) is 0 Å². The number of nitrogens with one attached hydrogen (secondary N) is 2. The van der Waals surface area contributed by atoms with Gasteiger partial charge in [0.2, 0.25) is 17.7 Å². The molecule has 0 bridgehead atoms. The number of para-hydroxylation sites is 2. The maximum absolute atomic E-state index is 12.4. The molecule has 1 aromatic rings. The summed E-state index contributed by atoms with van der Waals surface area (Å²) in [6.45, 7) is 4.02. The standard InChI is InChI=1S/C17H23N3O3/c1-3-12(4-2)18-15(21)9-10-17(23)20-11-16(22)19-13-7-5-6-8-14(13)20/h5-8,12H,3-4,9-11H2,1-2H3,(H,18,21)(H,19,22). The van der Waals surface area contributed by atoms with E-state index in [1.807, 2.05) is 19.9 Å². The van der Waals surface area contributed by atoms with Crippen molar-refractivity contribution in [3.05, 3.63) is 24.3 Å². The Labute approximate surface area is 136 Å². The van der Waals surface area contributed by atoms with Crippen molar-refractivity contribution >= 4 is 29.1 Å². The molecule has 0 saturated heterocycles. The van der Waals surface area contributed by atoms with Crippen molar-refractivity contribution in [1.82, 2.24) is 5.32 Å². The highest BCUT2D eigenvalue weighted by Gasteiger charge is 2.26. The highest BCUT2D eigenvalue weighted by molar-refractivity contribution is 6.10. The van der Waals surface area contributed by atoms with E-state index in [0.717, 1.165) is 12.8 Å². The summed E-state index contributed by atoms with van der Waals surface area (Å²) in [6, 6.07) is 7.31. The molecule has 6 heteroatoms. The number of carbonyl (C=O) groups is 3. The highest BCUT2D eigenvalue weighted by atomic mass is 16.2. The Hall–Kier alpha value is -2.37. The van der Waals surface area contributed by atoms with E-state index in [4.69, 9.17) is 0 Å². The van der Waals surface area contributed by atoms with Crippen molar-refractivity contribution in [3.63, 3.8) is 0 Å². The Balaban J connectivity index is 1.96. The first-order valence-electron chi connectivity index (χ1n) is 8.03. The van der Waals surface area contributed by atoms with Crippen LogP contribution in [0.2, 0.25) is 0 Å². The van der Waals surface area contributed by atoms with E-state index in [9.17, 15) is 14.4 Å². The van der Waals surface area contributed by atoms with Crippen LogP contribution in [-0.2, 0) is 14.4 Å². The Bertz CT molecular complexity index is 597. The molecule has 0 saturated carbocycles. The first-order valence-corrected chi connectivity index (χ1v) is 8.03. The van der Waals surface area contributed by atoms with Crippen LogP contribution in [0.4, 0.5) is 11.4 Å². The molecule has 23 heavy (non-hydrogen) atoms. The van der Waals surface area contributed by atoms with Crippen LogP contribution in [0.3, 0.4) is 0 Å². The van der Waals surface area contributed by atoms with Crippen LogP contribution in [0.5, 0.6) is 0 Å². The zero-order chi connectivity index (χ0) is 16.8. The number of anilines is 2. The van der Waals surface area contributed by atoms with Crippen molar-refractivity contribution in [2.75, 3.05) is 16.8 Å². The van der Waals surface area contributed by atoms with Gasteiger partial charge in [-0.05, 0) is 25.0 Å². The Morgan fingerprint density at radius 1 is 1.22 bits per heavy atom. The van der Waals surface area contributed by atoms with Crippen LogP contribution in [0.25, 0.3) is 0 Å². The van der Waals surface area contributed by atoms with E-state index in [2.05, 4.69) is 10.6 Å². The number of hydrogen-bond donors (Lipinski definition) is 2. The molecule has 3 amide bonds. The lowest BCUT2D eigenvalue weighted by atomic mass is 10.1. The van der Waals surface area contributed by atoms with Gasteiger partial charge in [-0.2, -0.15) is 0 Å². The third-order valence-corrected chi connectivity index (χ3v) is 3.99. The number of nitrogens with zero attached hydrogens (tertiary/aromatic N) is 1. The molecular formula is C17H23N3O3. The molecule has 2 N–H and O–H groups in total. The smallest absolute Gasteiger partial charge is 0.244 e. The van der Waals surface area contributed by atoms with E-state index in [0.29, 0.717) is 11.4 Å². The topological polar surface area (TPSA) is 78.5 Å². The van der Waals surface area contributed by atoms with Crippen LogP contribution in [-0.4, -0.2) is 30.3 Å². The molecule has 0 atom stereocenters. The van der Waals surface area contributed by atoms with E-state index >= 15 is 0 Å². The fraction of sp³-hybridized carbons (Fsp3) is 0.471. The minimum absolute atomic E-state index is 0.00991. The summed E-state index contributed by atoms with van der Waals surface area (Å²) in [5.41, 5.74) is 1.30. The highest BCUT2D eigenvalue weighted by Crippen LogP contribution is 2.29. The van der Waals surface area contributed by atoms with Gasteiger partial charge in [0.05, 0.1) is 11.4 Å². The number of amides is 3. The molecule has 1 aliphatic heterocycles. The first-order chi connectivity index (χ1) is 11.0. The van der Waals surface area contributed by atoms with Gasteiger partial charge < -0.3 is 15.5 Å². The normalized spacial score (nSPS) is 13.5. The van der Waals surface area contributed by atoms with Gasteiger partial charge in [-0.3, -0.25) is 14.4 Å². The summed E-state index contributed by atoms with van der Waals surface area (Å²) >= 11 is 0. The van der Waals surface area contributed by atoms with Crippen LogP contribution < -0.4 is 15.5 Å². The van der Waals surface area contributed by atoms with Gasteiger partial charge in [-0.1, -0.05) is 26.0 Å². The second kappa shape index (κ2) is 7.76. The lowest BCUT2D eigenvalue weighted by Gasteiger charge is -2.29. The number of hydrogen-bond acceptors (Lipinski definition) is 3. The van der Waals surface area contributed by atoms with Gasteiger partial charge in [0.25, 0.3) is 0 Å². The molecule has 124 valence electrons. The number of fused-ring (bicyclic) bond motifs is 1. The molecular weight excluding hydrogens is 294 g/mol. The van der Waals surface area contributed by atoms with Crippen LogP contribution in [0, 0.1) is 0 Å². The van der Waals surface area contributed by atoms with E-state index in [1.165, 1.54) is 4.90 Å². The molecule has 1 heterocycles. The molecule has 1 aliphatic rings. The zero-order valence-corrected chi connectivity index (χ0v) is 13.6. The van der Waals surface area contributed by atoms with Crippen molar-refractivity contribution in [3.8, 4) is 0 Å². The Morgan fingerprint density at radius 3 is 2.61 bits per heavy atom. The van der Waals surface area contributed by atoms with E-state index < -0.39 is 0 Å². The fourth-order valence-electron chi connectivity index (χ4n) is 2.60. The Kier molecular flexibility index (Phi) is 5.73.